The van der Waals surface area contributed by atoms with Crippen molar-refractivity contribution >= 4 is 63.5 Å². The summed E-state index contributed by atoms with van der Waals surface area (Å²) in [4.78, 5) is 35.8. The summed E-state index contributed by atoms with van der Waals surface area (Å²) in [5.74, 6) is 2.45. The fraction of sp³-hybridized carbons (Fsp3) is 0.455. The zero-order valence-corrected chi connectivity index (χ0v) is 20.2. The Bertz CT molecular complexity index is 1170. The number of thiocarbonyl (C=S) groups is 1. The zero-order valence-electron chi connectivity index (χ0n) is 17.8. The Morgan fingerprint density at radius 3 is 2.88 bits per heavy atom. The predicted molar refractivity (Wildman–Crippen MR) is 135 cm³/mol. The number of ether oxygens (including phenoxy) is 1. The number of hydrogen-bond donors (Lipinski definition) is 0. The van der Waals surface area contributed by atoms with E-state index in [1.165, 1.54) is 11.8 Å². The SMILES string of the molecule is Cc1cccn2c(=O)c(/C=C3/SC(=S)N(C[C@@H]4CCCO4)C3=O)c(N3CCSCC3)nc12. The average Bonchev–Trinajstić information content (AvgIpc) is 3.41. The molecule has 3 aliphatic heterocycles. The predicted octanol–water partition coefficient (Wildman–Crippen LogP) is 2.94. The first-order valence-electron chi connectivity index (χ1n) is 10.7. The van der Waals surface area contributed by atoms with Gasteiger partial charge in [0, 0.05) is 37.4 Å². The van der Waals surface area contributed by atoms with E-state index in [1.807, 2.05) is 30.8 Å². The van der Waals surface area contributed by atoms with Gasteiger partial charge in [-0.25, -0.2) is 4.98 Å². The number of pyridine rings is 1. The molecule has 5 rings (SSSR count). The number of rotatable bonds is 4. The first-order chi connectivity index (χ1) is 15.5. The number of nitrogens with zero attached hydrogens (tertiary/aromatic N) is 4. The van der Waals surface area contributed by atoms with Crippen molar-refractivity contribution in [1.29, 1.82) is 0 Å². The van der Waals surface area contributed by atoms with Crippen molar-refractivity contribution in [3.05, 3.63) is 44.7 Å². The van der Waals surface area contributed by atoms with Crippen LogP contribution in [-0.2, 0) is 9.53 Å². The van der Waals surface area contributed by atoms with Crippen LogP contribution in [0.15, 0.2) is 28.0 Å². The van der Waals surface area contributed by atoms with Crippen LogP contribution in [0.1, 0.15) is 24.0 Å². The molecule has 0 radical (unpaired) electrons. The van der Waals surface area contributed by atoms with Crippen LogP contribution < -0.4 is 10.5 Å². The van der Waals surface area contributed by atoms with Crippen LogP contribution >= 0.6 is 35.7 Å². The molecule has 0 spiro atoms. The summed E-state index contributed by atoms with van der Waals surface area (Å²) < 4.78 is 7.77. The van der Waals surface area contributed by atoms with Crippen LogP contribution in [0.4, 0.5) is 5.82 Å². The second-order valence-electron chi connectivity index (χ2n) is 8.07. The zero-order chi connectivity index (χ0) is 22.2. The maximum Gasteiger partial charge on any atom is 0.267 e. The first-order valence-corrected chi connectivity index (χ1v) is 13.1. The van der Waals surface area contributed by atoms with Gasteiger partial charge >= 0.3 is 0 Å². The van der Waals surface area contributed by atoms with E-state index >= 15 is 0 Å². The van der Waals surface area contributed by atoms with E-state index in [0.29, 0.717) is 32.8 Å². The highest BCUT2D eigenvalue weighted by Gasteiger charge is 2.35. The molecule has 2 aromatic rings. The van der Waals surface area contributed by atoms with Crippen LogP contribution in [0.5, 0.6) is 0 Å². The molecule has 0 aliphatic carbocycles. The van der Waals surface area contributed by atoms with Gasteiger partial charge in [-0.15, -0.1) is 0 Å². The number of carbonyl (C=O) groups is 1. The molecule has 5 heterocycles. The van der Waals surface area contributed by atoms with Gasteiger partial charge < -0.3 is 9.64 Å². The van der Waals surface area contributed by atoms with E-state index in [4.69, 9.17) is 21.9 Å². The first kappa shape index (κ1) is 21.9. The van der Waals surface area contributed by atoms with Crippen molar-refractivity contribution in [1.82, 2.24) is 14.3 Å². The number of amides is 1. The molecule has 32 heavy (non-hydrogen) atoms. The molecule has 168 valence electrons. The summed E-state index contributed by atoms with van der Waals surface area (Å²) in [7, 11) is 0. The van der Waals surface area contributed by atoms with Gasteiger partial charge in [0.2, 0.25) is 0 Å². The van der Waals surface area contributed by atoms with Crippen molar-refractivity contribution in [3.8, 4) is 0 Å². The Kier molecular flexibility index (Phi) is 6.28. The molecule has 0 N–H and O–H groups in total. The minimum absolute atomic E-state index is 0.0224. The highest BCUT2D eigenvalue weighted by Crippen LogP contribution is 2.34. The van der Waals surface area contributed by atoms with Crippen molar-refractivity contribution in [2.75, 3.05) is 42.6 Å². The lowest BCUT2D eigenvalue weighted by Crippen LogP contribution is -2.36. The van der Waals surface area contributed by atoms with Crippen LogP contribution in [0.2, 0.25) is 0 Å². The standard InChI is InChI=1S/C22H24N4O3S3/c1-14-4-2-6-25-18(14)23-19(24-7-10-31-11-8-24)16(20(25)27)12-17-21(28)26(22(30)32-17)13-15-5-3-9-29-15/h2,4,6,12,15H,3,5,7-11,13H2,1H3/b17-12+/t15-/m0/s1. The summed E-state index contributed by atoms with van der Waals surface area (Å²) in [6, 6.07) is 3.79. The molecule has 2 aromatic heterocycles. The molecule has 0 saturated carbocycles. The Morgan fingerprint density at radius 2 is 2.12 bits per heavy atom. The lowest BCUT2D eigenvalue weighted by molar-refractivity contribution is -0.123. The van der Waals surface area contributed by atoms with Crippen LogP contribution in [0, 0.1) is 6.92 Å². The summed E-state index contributed by atoms with van der Waals surface area (Å²) in [6.45, 7) is 4.78. The average molecular weight is 489 g/mol. The Labute approximate surface area is 200 Å². The number of fused-ring (bicyclic) bond motifs is 1. The normalized spacial score (nSPS) is 23.2. The van der Waals surface area contributed by atoms with Gasteiger partial charge in [-0.2, -0.15) is 11.8 Å². The highest BCUT2D eigenvalue weighted by atomic mass is 32.2. The van der Waals surface area contributed by atoms with Crippen molar-refractivity contribution < 1.29 is 9.53 Å². The number of aryl methyl sites for hydroxylation is 1. The summed E-state index contributed by atoms with van der Waals surface area (Å²) in [5.41, 5.74) is 1.86. The summed E-state index contributed by atoms with van der Waals surface area (Å²) in [6.07, 6.45) is 5.38. The molecule has 1 amide bonds. The lowest BCUT2D eigenvalue weighted by Gasteiger charge is -2.29. The third-order valence-corrected chi connectivity index (χ3v) is 8.25. The number of anilines is 1. The molecule has 10 heteroatoms. The molecule has 1 atom stereocenters. The van der Waals surface area contributed by atoms with Gasteiger partial charge in [-0.1, -0.05) is 30.0 Å². The van der Waals surface area contributed by atoms with Gasteiger partial charge in [-0.3, -0.25) is 18.9 Å². The monoisotopic (exact) mass is 488 g/mol. The molecule has 0 unspecified atom stereocenters. The molecule has 0 aromatic carbocycles. The largest absolute Gasteiger partial charge is 0.376 e. The summed E-state index contributed by atoms with van der Waals surface area (Å²) in [5, 5.41) is 0. The molecular formula is C22H24N4O3S3. The Morgan fingerprint density at radius 1 is 1.31 bits per heavy atom. The second-order valence-corrected chi connectivity index (χ2v) is 11.0. The number of hydrogen-bond acceptors (Lipinski definition) is 8. The fourth-order valence-electron chi connectivity index (χ4n) is 4.22. The maximum absolute atomic E-state index is 13.5. The van der Waals surface area contributed by atoms with E-state index in [-0.39, 0.29) is 17.6 Å². The van der Waals surface area contributed by atoms with Crippen LogP contribution in [0.25, 0.3) is 11.7 Å². The van der Waals surface area contributed by atoms with Gasteiger partial charge in [0.1, 0.15) is 15.8 Å². The van der Waals surface area contributed by atoms with E-state index in [0.717, 1.165) is 49.6 Å². The van der Waals surface area contributed by atoms with Crippen molar-refractivity contribution in [3.63, 3.8) is 0 Å². The Hall–Kier alpha value is -1.88. The molecular weight excluding hydrogens is 464 g/mol. The van der Waals surface area contributed by atoms with E-state index < -0.39 is 0 Å². The van der Waals surface area contributed by atoms with Gasteiger partial charge in [0.15, 0.2) is 0 Å². The van der Waals surface area contributed by atoms with Crippen LogP contribution in [0.3, 0.4) is 0 Å². The topological polar surface area (TPSA) is 67.2 Å². The minimum atomic E-state index is -0.170. The van der Waals surface area contributed by atoms with Crippen molar-refractivity contribution in [2.45, 2.75) is 25.9 Å². The quantitative estimate of drug-likeness (QED) is 0.481. The number of thioether (sulfide) groups is 2. The fourth-order valence-corrected chi connectivity index (χ4v) is 6.38. The van der Waals surface area contributed by atoms with Gasteiger partial charge in [0.25, 0.3) is 11.5 Å². The van der Waals surface area contributed by atoms with E-state index in [9.17, 15) is 9.59 Å². The van der Waals surface area contributed by atoms with Gasteiger partial charge in [-0.05, 0) is 37.5 Å². The van der Waals surface area contributed by atoms with E-state index in [2.05, 4.69) is 4.90 Å². The lowest BCUT2D eigenvalue weighted by atomic mass is 10.2. The molecule has 7 nitrogen and oxygen atoms in total. The second kappa shape index (κ2) is 9.17. The van der Waals surface area contributed by atoms with Gasteiger partial charge in [0.05, 0.1) is 23.1 Å². The van der Waals surface area contributed by atoms with Crippen LogP contribution in [-0.4, -0.2) is 68.4 Å². The molecule has 0 bridgehead atoms. The molecule has 3 saturated heterocycles. The molecule has 3 aliphatic rings. The molecule has 3 fully saturated rings. The highest BCUT2D eigenvalue weighted by molar-refractivity contribution is 8.26. The maximum atomic E-state index is 13.5. The Balaban J connectivity index is 1.57. The smallest absolute Gasteiger partial charge is 0.267 e. The third-order valence-electron chi connectivity index (χ3n) is 5.93. The van der Waals surface area contributed by atoms with E-state index in [1.54, 1.807) is 21.6 Å². The van der Waals surface area contributed by atoms with Crippen molar-refractivity contribution in [2.24, 2.45) is 0 Å². The summed E-state index contributed by atoms with van der Waals surface area (Å²) >= 11 is 8.63. The number of carbonyl (C=O) groups excluding carboxylic acids is 1. The minimum Gasteiger partial charge on any atom is -0.376 e. The third kappa shape index (κ3) is 4.09. The number of aromatic nitrogens is 2.